The van der Waals surface area contributed by atoms with Crippen molar-refractivity contribution in [3.63, 3.8) is 0 Å². The molecule has 2 rings (SSSR count). The van der Waals surface area contributed by atoms with E-state index in [-0.39, 0.29) is 5.41 Å². The zero-order valence-corrected chi connectivity index (χ0v) is 9.53. The van der Waals surface area contributed by atoms with Crippen LogP contribution in [0.3, 0.4) is 0 Å². The minimum atomic E-state index is -0.766. The predicted molar refractivity (Wildman–Crippen MR) is 55.7 cm³/mol. The van der Waals surface area contributed by atoms with Gasteiger partial charge in [-0.15, -0.1) is 0 Å². The smallest absolute Gasteiger partial charge is 0.316 e. The molecule has 0 bridgehead atoms. The first-order valence-electron chi connectivity index (χ1n) is 5.05. The lowest BCUT2D eigenvalue weighted by Gasteiger charge is -2.13. The van der Waals surface area contributed by atoms with Crippen LogP contribution in [0.5, 0.6) is 0 Å². The summed E-state index contributed by atoms with van der Waals surface area (Å²) in [6.45, 7) is 5.88. The van der Waals surface area contributed by atoms with Crippen LogP contribution < -0.4 is 0 Å². The first-order valence-corrected chi connectivity index (χ1v) is 5.05. The molecule has 1 N–H and O–H groups in total. The van der Waals surface area contributed by atoms with Crippen molar-refractivity contribution in [1.29, 1.82) is 0 Å². The zero-order valence-electron chi connectivity index (χ0n) is 9.53. The van der Waals surface area contributed by atoms with Crippen molar-refractivity contribution in [3.05, 3.63) is 17.5 Å². The Balaban J connectivity index is 2.54. The van der Waals surface area contributed by atoms with E-state index in [2.05, 4.69) is 5.10 Å². The van der Waals surface area contributed by atoms with Gasteiger partial charge >= 0.3 is 5.97 Å². The Labute approximate surface area is 88.9 Å². The van der Waals surface area contributed by atoms with Gasteiger partial charge in [0, 0.05) is 13.2 Å². The average Bonchev–Trinajstić information content (AvgIpc) is 2.50. The highest BCUT2D eigenvalue weighted by atomic mass is 16.4. The van der Waals surface area contributed by atoms with E-state index in [1.165, 1.54) is 0 Å². The van der Waals surface area contributed by atoms with E-state index in [4.69, 9.17) is 0 Å². The fraction of sp³-hybridized carbons (Fsp3) is 0.636. The maximum absolute atomic E-state index is 11.4. The van der Waals surface area contributed by atoms with Gasteiger partial charge < -0.3 is 5.11 Å². The van der Waals surface area contributed by atoms with E-state index in [1.807, 2.05) is 34.0 Å². The molecule has 1 saturated carbocycles. The third kappa shape index (κ3) is 1.14. The average molecular weight is 208 g/mol. The van der Waals surface area contributed by atoms with Gasteiger partial charge in [-0.25, -0.2) is 0 Å². The van der Waals surface area contributed by atoms with Crippen LogP contribution in [-0.2, 0) is 17.3 Å². The van der Waals surface area contributed by atoms with Crippen molar-refractivity contribution in [2.45, 2.75) is 32.6 Å². The Kier molecular flexibility index (Phi) is 1.78. The number of rotatable bonds is 2. The molecule has 4 nitrogen and oxygen atoms in total. The Morgan fingerprint density at radius 3 is 2.40 bits per heavy atom. The van der Waals surface area contributed by atoms with E-state index < -0.39 is 11.4 Å². The van der Waals surface area contributed by atoms with E-state index in [1.54, 1.807) is 4.68 Å². The SMILES string of the molecule is Cc1cn(C)nc1C1(C(=O)O)CC1(C)C. The highest BCUT2D eigenvalue weighted by Gasteiger charge is 2.69. The molecule has 0 saturated heterocycles. The van der Waals surface area contributed by atoms with E-state index in [0.717, 1.165) is 11.3 Å². The van der Waals surface area contributed by atoms with Crippen molar-refractivity contribution in [2.24, 2.45) is 12.5 Å². The lowest BCUT2D eigenvalue weighted by atomic mass is 9.90. The van der Waals surface area contributed by atoms with Crippen molar-refractivity contribution in [1.82, 2.24) is 9.78 Å². The van der Waals surface area contributed by atoms with E-state index in [9.17, 15) is 9.90 Å². The first kappa shape index (κ1) is 10.2. The van der Waals surface area contributed by atoms with Gasteiger partial charge in [0.1, 0.15) is 5.41 Å². The summed E-state index contributed by atoms with van der Waals surface area (Å²) in [7, 11) is 1.82. The van der Waals surface area contributed by atoms with Crippen LogP contribution >= 0.6 is 0 Å². The standard InChI is InChI=1S/C11H16N2O2/c1-7-5-13(4)12-8(7)11(9(14)15)6-10(11,2)3/h5H,6H2,1-4H3,(H,14,15). The third-order valence-electron chi connectivity index (χ3n) is 3.52. The Morgan fingerprint density at radius 1 is 1.60 bits per heavy atom. The number of hydrogen-bond donors (Lipinski definition) is 1. The first-order chi connectivity index (χ1) is 6.81. The monoisotopic (exact) mass is 208 g/mol. The second kappa shape index (κ2) is 2.62. The summed E-state index contributed by atoms with van der Waals surface area (Å²) >= 11 is 0. The molecular weight excluding hydrogens is 192 g/mol. The summed E-state index contributed by atoms with van der Waals surface area (Å²) in [5.41, 5.74) is 0.740. The summed E-state index contributed by atoms with van der Waals surface area (Å²) in [4.78, 5) is 11.4. The van der Waals surface area contributed by atoms with Gasteiger partial charge in [0.15, 0.2) is 0 Å². The summed E-state index contributed by atoms with van der Waals surface area (Å²) in [6.07, 6.45) is 2.54. The number of aromatic nitrogens is 2. The summed E-state index contributed by atoms with van der Waals surface area (Å²) in [6, 6.07) is 0. The molecule has 82 valence electrons. The lowest BCUT2D eigenvalue weighted by molar-refractivity contribution is -0.141. The van der Waals surface area contributed by atoms with Gasteiger partial charge in [0.2, 0.25) is 0 Å². The molecular formula is C11H16N2O2. The van der Waals surface area contributed by atoms with Gasteiger partial charge in [-0.05, 0) is 24.3 Å². The third-order valence-corrected chi connectivity index (χ3v) is 3.52. The van der Waals surface area contributed by atoms with Crippen molar-refractivity contribution >= 4 is 5.97 Å². The number of hydrogen-bond acceptors (Lipinski definition) is 2. The molecule has 1 aliphatic rings. The van der Waals surface area contributed by atoms with Crippen LogP contribution in [0.2, 0.25) is 0 Å². The molecule has 1 aliphatic carbocycles. The van der Waals surface area contributed by atoms with Gasteiger partial charge in [0.05, 0.1) is 5.69 Å². The van der Waals surface area contributed by atoms with Crippen LogP contribution in [0.25, 0.3) is 0 Å². The molecule has 1 fully saturated rings. The molecule has 1 heterocycles. The molecule has 1 unspecified atom stereocenters. The predicted octanol–water partition coefficient (Wildman–Crippen LogP) is 1.48. The van der Waals surface area contributed by atoms with E-state index >= 15 is 0 Å². The van der Waals surface area contributed by atoms with Crippen LogP contribution in [0.15, 0.2) is 6.20 Å². The molecule has 15 heavy (non-hydrogen) atoms. The largest absolute Gasteiger partial charge is 0.481 e. The van der Waals surface area contributed by atoms with Gasteiger partial charge in [-0.3, -0.25) is 9.48 Å². The van der Waals surface area contributed by atoms with Crippen molar-refractivity contribution in [2.75, 3.05) is 0 Å². The number of carboxylic acid groups (broad SMARTS) is 1. The molecule has 0 aromatic carbocycles. The maximum Gasteiger partial charge on any atom is 0.316 e. The van der Waals surface area contributed by atoms with Crippen molar-refractivity contribution in [3.8, 4) is 0 Å². The molecule has 1 atom stereocenters. The Bertz CT molecular complexity index is 434. The molecule has 4 heteroatoms. The zero-order chi connectivity index (χ0) is 11.4. The minimum absolute atomic E-state index is 0.183. The lowest BCUT2D eigenvalue weighted by Crippen LogP contribution is -2.27. The Hall–Kier alpha value is -1.32. The molecule has 1 aromatic heterocycles. The highest BCUT2D eigenvalue weighted by molar-refractivity contribution is 5.86. The Morgan fingerprint density at radius 2 is 2.13 bits per heavy atom. The van der Waals surface area contributed by atoms with Crippen molar-refractivity contribution < 1.29 is 9.90 Å². The maximum atomic E-state index is 11.4. The fourth-order valence-electron chi connectivity index (χ4n) is 2.52. The summed E-state index contributed by atoms with van der Waals surface area (Å²) < 4.78 is 1.68. The molecule has 0 amide bonds. The molecule has 0 spiro atoms. The van der Waals surface area contributed by atoms with Crippen LogP contribution in [0.4, 0.5) is 0 Å². The number of carbonyl (C=O) groups is 1. The number of aryl methyl sites for hydroxylation is 2. The second-order valence-corrected chi connectivity index (χ2v) is 5.11. The fourth-order valence-corrected chi connectivity index (χ4v) is 2.52. The number of nitrogens with zero attached hydrogens (tertiary/aromatic N) is 2. The normalized spacial score (nSPS) is 27.7. The van der Waals surface area contributed by atoms with Gasteiger partial charge in [-0.2, -0.15) is 5.10 Å². The molecule has 0 aliphatic heterocycles. The minimum Gasteiger partial charge on any atom is -0.481 e. The van der Waals surface area contributed by atoms with Crippen LogP contribution in [-0.4, -0.2) is 20.9 Å². The second-order valence-electron chi connectivity index (χ2n) is 5.11. The quantitative estimate of drug-likeness (QED) is 0.801. The van der Waals surface area contributed by atoms with Gasteiger partial charge in [0.25, 0.3) is 0 Å². The molecule has 0 radical (unpaired) electrons. The van der Waals surface area contributed by atoms with Crippen LogP contribution in [0, 0.1) is 12.3 Å². The summed E-state index contributed by atoms with van der Waals surface area (Å²) in [5.74, 6) is -0.755. The highest BCUT2D eigenvalue weighted by Crippen LogP contribution is 2.64. The summed E-state index contributed by atoms with van der Waals surface area (Å²) in [5, 5.41) is 13.7. The topological polar surface area (TPSA) is 55.1 Å². The van der Waals surface area contributed by atoms with E-state index in [0.29, 0.717) is 6.42 Å². The number of aliphatic carboxylic acids is 1. The number of carboxylic acids is 1. The van der Waals surface area contributed by atoms with Crippen LogP contribution in [0.1, 0.15) is 31.5 Å². The molecule has 1 aromatic rings. The van der Waals surface area contributed by atoms with Gasteiger partial charge in [-0.1, -0.05) is 13.8 Å².